The number of likely N-dealkylation sites (N-methyl/N-ethyl adjacent to an activating group) is 1. The largest absolute Gasteiger partial charge is 0.459 e. The smallest absolute Gasteiger partial charge is 0.323 e. The van der Waals surface area contributed by atoms with Crippen molar-refractivity contribution in [3.05, 3.63) is 24.4 Å². The molecule has 3 rings (SSSR count). The minimum absolute atomic E-state index is 0.158. The molecule has 1 aromatic heterocycles. The molecule has 14 atom stereocenters. The number of urea groups is 1. The first-order chi connectivity index (χ1) is 22.3. The van der Waals surface area contributed by atoms with Crippen LogP contribution in [0.25, 0.3) is 0 Å². The highest BCUT2D eigenvalue weighted by Crippen LogP contribution is 2.36. The Bertz CT molecular complexity index is 1190. The maximum atomic E-state index is 13.4. The van der Waals surface area contributed by atoms with Gasteiger partial charge in [0.2, 0.25) is 0 Å². The molecule has 0 bridgehead atoms. The highest BCUT2D eigenvalue weighted by atomic mass is 16.7. The third-order valence-electron chi connectivity index (χ3n) is 10.0. The van der Waals surface area contributed by atoms with Crippen LogP contribution in [-0.2, 0) is 19.0 Å². The van der Waals surface area contributed by atoms with Crippen LogP contribution < -0.4 is 10.6 Å². The van der Waals surface area contributed by atoms with E-state index < -0.39 is 90.0 Å². The molecule has 0 aromatic carbocycles. The van der Waals surface area contributed by atoms with Crippen LogP contribution in [0.3, 0.4) is 0 Å². The molecule has 0 spiro atoms. The van der Waals surface area contributed by atoms with Crippen LogP contribution in [0.4, 0.5) is 10.6 Å². The third kappa shape index (κ3) is 9.42. The van der Waals surface area contributed by atoms with Gasteiger partial charge in [0.15, 0.2) is 6.29 Å². The van der Waals surface area contributed by atoms with E-state index in [-0.39, 0.29) is 18.8 Å². The number of ether oxygens (including phenoxy) is 3. The number of nitrogens with zero attached hydrogens (tertiary/aromatic N) is 2. The first kappa shape index (κ1) is 40.0. The summed E-state index contributed by atoms with van der Waals surface area (Å²) in [5, 5.41) is 63.4. The number of carbonyl (C=O) groups is 2. The molecule has 48 heavy (non-hydrogen) atoms. The lowest BCUT2D eigenvalue weighted by Crippen LogP contribution is -2.60. The van der Waals surface area contributed by atoms with E-state index in [9.17, 15) is 35.1 Å². The Morgan fingerprint density at radius 2 is 1.79 bits per heavy atom. The predicted octanol–water partition coefficient (Wildman–Crippen LogP) is 1.63. The number of hydrogen-bond acceptors (Lipinski definition) is 12. The van der Waals surface area contributed by atoms with E-state index in [0.29, 0.717) is 18.8 Å². The van der Waals surface area contributed by atoms with E-state index in [4.69, 9.17) is 14.2 Å². The first-order valence-corrected chi connectivity index (χ1v) is 17.0. The fourth-order valence-corrected chi connectivity index (χ4v) is 7.02. The zero-order valence-electron chi connectivity index (χ0n) is 29.7. The van der Waals surface area contributed by atoms with Gasteiger partial charge in [-0.1, -0.05) is 26.8 Å². The fourth-order valence-electron chi connectivity index (χ4n) is 7.02. The molecule has 0 saturated carbocycles. The molecule has 2 saturated heterocycles. The Morgan fingerprint density at radius 1 is 1.12 bits per heavy atom. The summed E-state index contributed by atoms with van der Waals surface area (Å²) >= 11 is 0. The number of rotatable bonds is 5. The maximum absolute atomic E-state index is 13.4. The van der Waals surface area contributed by atoms with Crippen LogP contribution in [0.15, 0.2) is 24.4 Å². The topological polar surface area (TPSA) is 203 Å². The lowest BCUT2D eigenvalue weighted by atomic mass is 9.78. The number of esters is 1. The Kier molecular flexibility index (Phi) is 13.8. The van der Waals surface area contributed by atoms with Gasteiger partial charge in [0.05, 0.1) is 35.9 Å². The number of nitrogens with one attached hydrogen (secondary N) is 2. The predicted molar refractivity (Wildman–Crippen MR) is 178 cm³/mol. The van der Waals surface area contributed by atoms with Gasteiger partial charge in [-0.25, -0.2) is 9.78 Å². The standard InChI is InChI=1S/C34H58N4O10/c1-10-24-34(8,45)28(41)22(6)36-17-18(2)16-33(7,44)29(20(4)26(39)21(5)30(42)47-24)48-31-27(40)23(15-19(3)46-31)38(9)32(43)37-25-13-11-12-14-35-25/h11-14,18-24,26-29,31,36,39-41,44-45H,10,15-17H2,1-9H3,(H,35,37,43)/t18-,19-,20+,21-,22-,23+,24-,26+,27-,28-,29-,31+,33-,34-/m1/s1. The number of cyclic esters (lactones) is 1. The molecule has 7 N–H and O–H groups in total. The van der Waals surface area contributed by atoms with Crippen molar-refractivity contribution in [1.82, 2.24) is 15.2 Å². The molecule has 2 aliphatic heterocycles. The van der Waals surface area contributed by atoms with E-state index in [2.05, 4.69) is 15.6 Å². The van der Waals surface area contributed by atoms with Crippen LogP contribution >= 0.6 is 0 Å². The van der Waals surface area contributed by atoms with Crippen LogP contribution in [0.2, 0.25) is 0 Å². The van der Waals surface area contributed by atoms with Crippen molar-refractivity contribution in [2.75, 3.05) is 18.9 Å². The summed E-state index contributed by atoms with van der Waals surface area (Å²) in [5.41, 5.74) is -3.41. The van der Waals surface area contributed by atoms with Gasteiger partial charge in [-0.2, -0.15) is 0 Å². The normalized spacial score (nSPS) is 42.2. The number of anilines is 1. The SMILES string of the molecule is CC[C@H]1OC(=O)[C@H](C)[C@@H](O)[C@H](C)[C@@H](O[C@@H]2O[C@H](C)C[C@H](N(C)C(=O)Nc3ccccn3)[C@H]2O)[C@](C)(O)C[C@@H](C)CN[C@H](C)[C@@H](O)[C@]1(C)O. The van der Waals surface area contributed by atoms with Gasteiger partial charge >= 0.3 is 12.0 Å². The molecule has 14 nitrogen and oxygen atoms in total. The number of amides is 2. The first-order valence-electron chi connectivity index (χ1n) is 17.0. The van der Waals surface area contributed by atoms with Crippen LogP contribution in [0.1, 0.15) is 74.7 Å². The van der Waals surface area contributed by atoms with Crippen molar-refractivity contribution < 1.29 is 49.3 Å². The molecule has 2 aliphatic rings. The zero-order chi connectivity index (χ0) is 36.1. The number of carbonyl (C=O) groups excluding carboxylic acids is 2. The summed E-state index contributed by atoms with van der Waals surface area (Å²) in [6.07, 6.45) is -5.80. The van der Waals surface area contributed by atoms with Gasteiger partial charge in [0.25, 0.3) is 0 Å². The monoisotopic (exact) mass is 682 g/mol. The molecule has 0 aliphatic carbocycles. The summed E-state index contributed by atoms with van der Waals surface area (Å²) in [6.45, 7) is 13.6. The van der Waals surface area contributed by atoms with E-state index in [1.54, 1.807) is 66.1 Å². The van der Waals surface area contributed by atoms with Gasteiger partial charge in [0.1, 0.15) is 29.7 Å². The quantitative estimate of drug-likeness (QED) is 0.222. The molecule has 2 amide bonds. The van der Waals surface area contributed by atoms with E-state index in [1.165, 1.54) is 18.7 Å². The summed E-state index contributed by atoms with van der Waals surface area (Å²) in [5.74, 6) is -2.65. The number of hydrogen-bond donors (Lipinski definition) is 7. The fraction of sp³-hybridized carbons (Fsp3) is 0.794. The molecule has 2 fully saturated rings. The Morgan fingerprint density at radius 3 is 2.40 bits per heavy atom. The minimum Gasteiger partial charge on any atom is -0.459 e. The maximum Gasteiger partial charge on any atom is 0.323 e. The summed E-state index contributed by atoms with van der Waals surface area (Å²) in [4.78, 5) is 32.0. The highest BCUT2D eigenvalue weighted by molar-refractivity contribution is 5.88. The van der Waals surface area contributed by atoms with E-state index in [1.807, 2.05) is 6.92 Å². The van der Waals surface area contributed by atoms with Crippen LogP contribution in [0, 0.1) is 17.8 Å². The van der Waals surface area contributed by atoms with Crippen molar-refractivity contribution in [3.8, 4) is 0 Å². The second-order valence-corrected chi connectivity index (χ2v) is 14.4. The average Bonchev–Trinajstić information content (AvgIpc) is 3.03. The van der Waals surface area contributed by atoms with Gasteiger partial charge < -0.3 is 50.0 Å². The number of aromatic nitrogens is 1. The second-order valence-electron chi connectivity index (χ2n) is 14.4. The Balaban J connectivity index is 1.92. The second kappa shape index (κ2) is 16.5. The third-order valence-corrected chi connectivity index (χ3v) is 10.0. The molecule has 0 unspecified atom stereocenters. The molecular formula is C34H58N4O10. The lowest BCUT2D eigenvalue weighted by Gasteiger charge is -2.47. The van der Waals surface area contributed by atoms with Gasteiger partial charge in [0, 0.05) is 25.2 Å². The van der Waals surface area contributed by atoms with Crippen molar-refractivity contribution in [1.29, 1.82) is 0 Å². The number of aliphatic hydroxyl groups is 5. The van der Waals surface area contributed by atoms with Crippen molar-refractivity contribution in [3.63, 3.8) is 0 Å². The van der Waals surface area contributed by atoms with Crippen LogP contribution in [-0.4, -0.2) is 127 Å². The zero-order valence-corrected chi connectivity index (χ0v) is 29.7. The molecule has 0 radical (unpaired) electrons. The van der Waals surface area contributed by atoms with E-state index >= 15 is 0 Å². The minimum atomic E-state index is -1.79. The molecule has 274 valence electrons. The molecular weight excluding hydrogens is 624 g/mol. The molecule has 3 heterocycles. The highest BCUT2D eigenvalue weighted by Gasteiger charge is 2.49. The molecule has 1 aromatic rings. The Hall–Kier alpha value is -2.43. The number of aliphatic hydroxyl groups excluding tert-OH is 3. The molecule has 14 heteroatoms. The van der Waals surface area contributed by atoms with Gasteiger partial charge in [-0.15, -0.1) is 0 Å². The Labute approximate surface area is 284 Å². The van der Waals surface area contributed by atoms with Crippen molar-refractivity contribution in [2.45, 2.75) is 141 Å². The lowest BCUT2D eigenvalue weighted by molar-refractivity contribution is -0.298. The van der Waals surface area contributed by atoms with E-state index in [0.717, 1.165) is 0 Å². The van der Waals surface area contributed by atoms with Crippen molar-refractivity contribution >= 4 is 17.8 Å². The van der Waals surface area contributed by atoms with Gasteiger partial charge in [-0.3, -0.25) is 10.1 Å². The number of pyridine rings is 1. The average molecular weight is 683 g/mol. The summed E-state index contributed by atoms with van der Waals surface area (Å²) in [6, 6.07) is 3.27. The van der Waals surface area contributed by atoms with Gasteiger partial charge in [-0.05, 0) is 78.5 Å². The summed E-state index contributed by atoms with van der Waals surface area (Å²) in [7, 11) is 1.55. The van der Waals surface area contributed by atoms with Crippen LogP contribution in [0.5, 0.6) is 0 Å². The summed E-state index contributed by atoms with van der Waals surface area (Å²) < 4.78 is 18.1. The van der Waals surface area contributed by atoms with Crippen molar-refractivity contribution in [2.24, 2.45) is 17.8 Å².